The molecule has 3 rings (SSSR count). The van der Waals surface area contributed by atoms with Crippen molar-refractivity contribution in [3.8, 4) is 17.1 Å². The number of methoxy groups -OCH3 is 1. The topological polar surface area (TPSA) is 63.5 Å². The smallest absolute Gasteiger partial charge is 0.193 e. The molecule has 1 aromatic heterocycles. The number of thiocarbonyl (C=S) groups is 1. The number of rotatable bonds is 5. The van der Waals surface area contributed by atoms with Gasteiger partial charge in [-0.1, -0.05) is 6.08 Å². The van der Waals surface area contributed by atoms with Gasteiger partial charge in [-0.05, 0) is 54.7 Å². The van der Waals surface area contributed by atoms with Crippen molar-refractivity contribution in [1.82, 2.24) is 5.32 Å². The normalized spacial score (nSPS) is 10.3. The van der Waals surface area contributed by atoms with E-state index in [9.17, 15) is 4.79 Å². The fourth-order valence-electron chi connectivity index (χ4n) is 2.46. The molecule has 1 heterocycles. The molecule has 0 aliphatic carbocycles. The van der Waals surface area contributed by atoms with Crippen LogP contribution in [0.2, 0.25) is 0 Å². The van der Waals surface area contributed by atoms with Gasteiger partial charge in [0.05, 0.1) is 12.5 Å². The molecule has 0 saturated heterocycles. The van der Waals surface area contributed by atoms with E-state index in [1.807, 2.05) is 24.3 Å². The van der Waals surface area contributed by atoms with E-state index < -0.39 is 0 Å². The van der Waals surface area contributed by atoms with Crippen molar-refractivity contribution >= 4 is 34.0 Å². The van der Waals surface area contributed by atoms with Crippen LogP contribution in [0.3, 0.4) is 0 Å². The summed E-state index contributed by atoms with van der Waals surface area (Å²) >= 11 is 5.18. The molecule has 26 heavy (non-hydrogen) atoms. The summed E-state index contributed by atoms with van der Waals surface area (Å²) in [5.74, 6) is 1.13. The lowest BCUT2D eigenvalue weighted by Gasteiger charge is -2.10. The predicted octanol–water partition coefficient (Wildman–Crippen LogP) is 3.94. The van der Waals surface area contributed by atoms with E-state index in [-0.39, 0.29) is 5.43 Å². The van der Waals surface area contributed by atoms with Crippen molar-refractivity contribution in [2.24, 2.45) is 0 Å². The molecule has 2 aromatic carbocycles. The summed E-state index contributed by atoms with van der Waals surface area (Å²) in [7, 11) is 1.56. The van der Waals surface area contributed by atoms with E-state index in [1.165, 1.54) is 6.07 Å². The van der Waals surface area contributed by atoms with Crippen molar-refractivity contribution < 1.29 is 9.15 Å². The average Bonchev–Trinajstić information content (AvgIpc) is 2.66. The molecule has 0 aliphatic rings. The maximum absolute atomic E-state index is 12.4. The summed E-state index contributed by atoms with van der Waals surface area (Å²) in [6.45, 7) is 4.22. The molecule has 0 saturated carbocycles. The lowest BCUT2D eigenvalue weighted by atomic mass is 10.1. The SMILES string of the molecule is C=CCNC(=S)Nc1ccc(-c2cc(=O)c3cc(OC)ccc3o2)cc1. The maximum atomic E-state index is 12.4. The molecule has 5 nitrogen and oxygen atoms in total. The Hall–Kier alpha value is -3.12. The maximum Gasteiger partial charge on any atom is 0.193 e. The second-order valence-corrected chi connectivity index (χ2v) is 5.95. The minimum Gasteiger partial charge on any atom is -0.497 e. The Labute approximate surface area is 156 Å². The zero-order chi connectivity index (χ0) is 18.5. The van der Waals surface area contributed by atoms with E-state index >= 15 is 0 Å². The molecule has 0 aliphatic heterocycles. The van der Waals surface area contributed by atoms with E-state index in [1.54, 1.807) is 31.4 Å². The van der Waals surface area contributed by atoms with E-state index in [0.29, 0.717) is 34.1 Å². The number of hydrogen-bond donors (Lipinski definition) is 2. The quantitative estimate of drug-likeness (QED) is 0.527. The van der Waals surface area contributed by atoms with E-state index in [4.69, 9.17) is 21.4 Å². The Morgan fingerprint density at radius 1 is 1.23 bits per heavy atom. The largest absolute Gasteiger partial charge is 0.497 e. The highest BCUT2D eigenvalue weighted by atomic mass is 32.1. The summed E-state index contributed by atoms with van der Waals surface area (Å²) in [4.78, 5) is 12.4. The van der Waals surface area contributed by atoms with E-state index in [2.05, 4.69) is 17.2 Å². The van der Waals surface area contributed by atoms with Gasteiger partial charge < -0.3 is 19.8 Å². The molecule has 0 bridgehead atoms. The number of hydrogen-bond acceptors (Lipinski definition) is 4. The van der Waals surface area contributed by atoms with Crippen LogP contribution in [0.1, 0.15) is 0 Å². The molecule has 0 atom stereocenters. The van der Waals surface area contributed by atoms with Crippen LogP contribution in [0.4, 0.5) is 5.69 Å². The first kappa shape index (κ1) is 17.7. The molecule has 6 heteroatoms. The summed E-state index contributed by atoms with van der Waals surface area (Å²) in [5, 5.41) is 7.08. The van der Waals surface area contributed by atoms with Gasteiger partial charge in [-0.2, -0.15) is 0 Å². The van der Waals surface area contributed by atoms with Gasteiger partial charge >= 0.3 is 0 Å². The standard InChI is InChI=1S/C20H18N2O3S/c1-3-10-21-20(26)22-14-6-4-13(5-7-14)19-12-17(23)16-11-15(24-2)8-9-18(16)25-19/h3-9,11-12H,1,10H2,2H3,(H2,21,22,26). The van der Waals surface area contributed by atoms with Crippen LogP contribution >= 0.6 is 12.2 Å². The van der Waals surface area contributed by atoms with Gasteiger partial charge in [0.1, 0.15) is 17.1 Å². The van der Waals surface area contributed by atoms with E-state index in [0.717, 1.165) is 11.3 Å². The van der Waals surface area contributed by atoms with Gasteiger partial charge in [0.25, 0.3) is 0 Å². The Kier molecular flexibility index (Phi) is 5.34. The van der Waals surface area contributed by atoms with Gasteiger partial charge in [-0.3, -0.25) is 4.79 Å². The van der Waals surface area contributed by atoms with Crippen LogP contribution in [-0.4, -0.2) is 18.8 Å². The van der Waals surface area contributed by atoms with Gasteiger partial charge in [0.2, 0.25) is 0 Å². The number of fused-ring (bicyclic) bond motifs is 1. The van der Waals surface area contributed by atoms with Crippen LogP contribution in [0, 0.1) is 0 Å². The van der Waals surface area contributed by atoms with Gasteiger partial charge in [0.15, 0.2) is 10.5 Å². The van der Waals surface area contributed by atoms with Crippen LogP contribution < -0.4 is 20.8 Å². The number of ether oxygens (including phenoxy) is 1. The first-order chi connectivity index (χ1) is 12.6. The lowest BCUT2D eigenvalue weighted by molar-refractivity contribution is 0.415. The minimum atomic E-state index is -0.114. The van der Waals surface area contributed by atoms with Crippen LogP contribution in [0.5, 0.6) is 5.75 Å². The predicted molar refractivity (Wildman–Crippen MR) is 109 cm³/mol. The summed E-state index contributed by atoms with van der Waals surface area (Å²) in [6, 6.07) is 14.1. The second kappa shape index (κ2) is 7.84. The highest BCUT2D eigenvalue weighted by Gasteiger charge is 2.08. The highest BCUT2D eigenvalue weighted by molar-refractivity contribution is 7.80. The van der Waals surface area contributed by atoms with Gasteiger partial charge in [-0.15, -0.1) is 6.58 Å². The zero-order valence-corrected chi connectivity index (χ0v) is 15.1. The Balaban J connectivity index is 1.86. The summed E-state index contributed by atoms with van der Waals surface area (Å²) in [6.07, 6.45) is 1.73. The Bertz CT molecular complexity index is 1010. The van der Waals surface area contributed by atoms with Crippen molar-refractivity contribution in [3.63, 3.8) is 0 Å². The monoisotopic (exact) mass is 366 g/mol. The first-order valence-electron chi connectivity index (χ1n) is 7.99. The number of anilines is 1. The van der Waals surface area contributed by atoms with Gasteiger partial charge in [0, 0.05) is 23.9 Å². The average molecular weight is 366 g/mol. The van der Waals surface area contributed by atoms with Crippen molar-refractivity contribution in [2.45, 2.75) is 0 Å². The van der Waals surface area contributed by atoms with Crippen LogP contribution in [-0.2, 0) is 0 Å². The van der Waals surface area contributed by atoms with Crippen LogP contribution in [0.25, 0.3) is 22.3 Å². The zero-order valence-electron chi connectivity index (χ0n) is 14.2. The third kappa shape index (κ3) is 3.92. The molecular weight excluding hydrogens is 348 g/mol. The van der Waals surface area contributed by atoms with Crippen LogP contribution in [0.15, 0.2) is 70.4 Å². The number of benzene rings is 2. The fourth-order valence-corrected chi connectivity index (χ4v) is 2.66. The minimum absolute atomic E-state index is 0.114. The Morgan fingerprint density at radius 2 is 2.00 bits per heavy atom. The highest BCUT2D eigenvalue weighted by Crippen LogP contribution is 2.25. The molecular formula is C20H18N2O3S. The summed E-state index contributed by atoms with van der Waals surface area (Å²) < 4.78 is 11.0. The third-order valence-electron chi connectivity index (χ3n) is 3.77. The van der Waals surface area contributed by atoms with Crippen molar-refractivity contribution in [1.29, 1.82) is 0 Å². The molecule has 0 amide bonds. The number of nitrogens with one attached hydrogen (secondary N) is 2. The fraction of sp³-hybridized carbons (Fsp3) is 0.100. The molecule has 3 aromatic rings. The molecule has 2 N–H and O–H groups in total. The molecule has 132 valence electrons. The second-order valence-electron chi connectivity index (χ2n) is 5.54. The lowest BCUT2D eigenvalue weighted by Crippen LogP contribution is -2.28. The van der Waals surface area contributed by atoms with Gasteiger partial charge in [-0.25, -0.2) is 0 Å². The summed E-state index contributed by atoms with van der Waals surface area (Å²) in [5.41, 5.74) is 2.04. The molecule has 0 radical (unpaired) electrons. The molecule has 0 fully saturated rings. The molecule has 0 unspecified atom stereocenters. The van der Waals surface area contributed by atoms with Crippen molar-refractivity contribution in [3.05, 3.63) is 71.4 Å². The van der Waals surface area contributed by atoms with Crippen molar-refractivity contribution in [2.75, 3.05) is 19.0 Å². The molecule has 0 spiro atoms. The Morgan fingerprint density at radius 3 is 2.69 bits per heavy atom. The third-order valence-corrected chi connectivity index (χ3v) is 4.01. The first-order valence-corrected chi connectivity index (χ1v) is 8.39.